The first-order valence-electron chi connectivity index (χ1n) is 48.9. The van der Waals surface area contributed by atoms with E-state index in [0.717, 1.165) is 85.2 Å². The first-order chi connectivity index (χ1) is 62.7. The van der Waals surface area contributed by atoms with E-state index in [0.29, 0.717) is 42.2 Å². The largest absolute Gasteiger partial charge is 0.468 e. The lowest BCUT2D eigenvalue weighted by Crippen LogP contribution is -2.45. The number of hydrogen-bond acceptors (Lipinski definition) is 20. The van der Waals surface area contributed by atoms with Gasteiger partial charge in [0.2, 0.25) is 0 Å². The van der Waals surface area contributed by atoms with Gasteiger partial charge in [0.1, 0.15) is 18.7 Å². The summed E-state index contributed by atoms with van der Waals surface area (Å²) in [4.78, 5) is 55.7. The quantitative estimate of drug-likeness (QED) is 0.00980. The molecule has 15 atom stereocenters. The molecular weight excluding hydrogens is 1910 g/mol. The third-order valence-electron chi connectivity index (χ3n) is 25.1. The molecule has 0 aromatic rings. The van der Waals surface area contributed by atoms with E-state index >= 15 is 0 Å². The second-order valence-corrected chi connectivity index (χ2v) is 71.3. The van der Waals surface area contributed by atoms with Gasteiger partial charge in [0.05, 0.1) is 66.9 Å². The van der Waals surface area contributed by atoms with Crippen molar-refractivity contribution in [2.75, 3.05) is 47.8 Å². The summed E-state index contributed by atoms with van der Waals surface area (Å²) in [5, 5.41) is 24.7. The molecule has 0 bridgehead atoms. The molecule has 0 fully saturated rings. The zero-order valence-corrected chi connectivity index (χ0v) is 105. The van der Waals surface area contributed by atoms with Crippen LogP contribution >= 0.6 is 35.9 Å². The molecule has 0 radical (unpaired) electrons. The number of cyclic esters (lactones) is 1. The number of ether oxygens (including phenoxy) is 3. The summed E-state index contributed by atoms with van der Waals surface area (Å²) in [5.74, 6) is 13.4. The molecule has 19 nitrogen and oxygen atoms in total. The number of methoxy groups -OCH3 is 2. The number of esters is 3. The fourth-order valence-electron chi connectivity index (χ4n) is 11.3. The molecule has 1 heterocycles. The second kappa shape index (κ2) is 78.0. The highest BCUT2D eigenvalue weighted by Crippen LogP contribution is 2.53. The molecular formula is C109H203ClO19P3SSi5+. The van der Waals surface area contributed by atoms with Crippen LogP contribution in [-0.4, -0.2) is 179 Å². The van der Waals surface area contributed by atoms with Crippen molar-refractivity contribution in [2.45, 2.75) is 427 Å². The highest BCUT2D eigenvalue weighted by atomic mass is 35.5. The molecule has 0 aromatic heterocycles. The van der Waals surface area contributed by atoms with Crippen molar-refractivity contribution in [3.05, 3.63) is 93.2 Å². The lowest BCUT2D eigenvalue weighted by atomic mass is 9.96. The summed E-state index contributed by atoms with van der Waals surface area (Å²) in [7, 11) is -6.60. The van der Waals surface area contributed by atoms with Crippen LogP contribution in [0, 0.1) is 97.2 Å². The fraction of sp³-hybridized carbons (Fsp3) is 0.716. The number of allylic oxidation sites excluding steroid dienone is 6. The van der Waals surface area contributed by atoms with E-state index in [1.54, 1.807) is 34.6 Å². The molecule has 29 heteroatoms. The molecule has 3 unspecified atom stereocenters. The Balaban J connectivity index is -0.000000172. The third kappa shape index (κ3) is 68.1. The second-order valence-electron chi connectivity index (χ2n) is 42.4. The van der Waals surface area contributed by atoms with Gasteiger partial charge in [-0.15, -0.1) is 44.5 Å². The van der Waals surface area contributed by atoms with Crippen molar-refractivity contribution in [1.82, 2.24) is 0 Å². The van der Waals surface area contributed by atoms with Crippen molar-refractivity contribution in [1.29, 1.82) is 1.28 Å². The molecule has 0 amide bonds. The molecule has 3 N–H and O–H groups in total. The van der Waals surface area contributed by atoms with E-state index in [1.165, 1.54) is 21.1 Å². The van der Waals surface area contributed by atoms with Crippen LogP contribution in [0.15, 0.2) is 93.2 Å². The van der Waals surface area contributed by atoms with Crippen LogP contribution in [0.5, 0.6) is 0 Å². The molecule has 0 spiro atoms. The Labute approximate surface area is 869 Å². The molecule has 0 saturated carbocycles. The number of aliphatic hydroxyl groups excluding tert-OH is 3. The molecule has 800 valence electrons. The summed E-state index contributed by atoms with van der Waals surface area (Å²) in [6.45, 7) is 94.8. The Bertz CT molecular complexity index is 3960. The van der Waals surface area contributed by atoms with Crippen molar-refractivity contribution in [3.63, 3.8) is 0 Å². The fourth-order valence-corrected chi connectivity index (χ4v) is 20.1. The number of rotatable bonds is 40. The maximum absolute atomic E-state index is 12.0. The van der Waals surface area contributed by atoms with E-state index in [9.17, 15) is 33.6 Å². The standard InChI is InChI=1S/C20H34O3Si.C17H32OSi.C16H30O2Si.C16H28O2Si.C16H32O2Si.C13H16O2.C8H17O5P.C2H6O.CH4O.ClH.H2P2S/c1-11-15(2)14-17(4)18(13-12-16(3)19(21)22-8)23-24(9,10)20(5,6)7;1-10-12-16(15(4)13-14(3)11-2)18-19(8,9)17(5,6)7;2*1-9-13(2)12-14(3)15(10-11-17)18-19(7,8)16(4,5)6;1-9-10-15(14(3)11-13(2)12-17)18-19(7,8)16(4,5)6;1-5-9(2)8-11(4)12-7-6-10(3)13(14)15-12;1-5-12-14(10,13-6-2)7(3)8(9)11-4;1-2-3;1-2;;1-2-3/h1,12,14,17-18H,13H2,2-10H3;2,13,15-16H,10,12H2,1,3-9H3;1,12,14-15,17H,10-11H2,2-8H3;1,11-12,14-15H,10H2,2-8H3;11-12,14-15H,9-10H2,1-8H3;1,6,8,11-12H,7H2,2-4H3;7H,5-6H2,1-4H3;3H,2H2,1H3;2H,1H3;1H;1H2/p+1/b15-14+,16-12-;14-13+;2*13-12+;13-11+;9-8+;;;;;/t17-,18-;15-,16-;3*14-,15-;11-,12-;;;;;/m000000...../s1/i/hT. The smallest absolute Gasteiger partial charge is 0.355 e. The Hall–Kier alpha value is -4.38. The van der Waals surface area contributed by atoms with Gasteiger partial charge in [-0.3, -0.25) is 14.2 Å². The van der Waals surface area contributed by atoms with Gasteiger partial charge in [0.15, 0.2) is 66.0 Å². The highest BCUT2D eigenvalue weighted by molar-refractivity contribution is 8.24. The summed E-state index contributed by atoms with van der Waals surface area (Å²) >= 11 is 4.31. The Morgan fingerprint density at radius 1 is 0.529 bits per heavy atom. The number of carbonyl (C=O) groups is 5. The van der Waals surface area contributed by atoms with Crippen LogP contribution in [0.25, 0.3) is 0 Å². The minimum Gasteiger partial charge on any atom is -0.468 e. The van der Waals surface area contributed by atoms with Crippen LogP contribution in [0.4, 0.5) is 0 Å². The van der Waals surface area contributed by atoms with Gasteiger partial charge in [-0.05, 0) is 239 Å². The zero-order chi connectivity index (χ0) is 111. The van der Waals surface area contributed by atoms with Crippen molar-refractivity contribution in [2.24, 2.45) is 35.5 Å². The van der Waals surface area contributed by atoms with Crippen molar-refractivity contribution >= 4 is 120 Å². The number of terminal acetylenes is 5. The minimum atomic E-state index is -3.36. The minimum absolute atomic E-state index is 0. The normalized spacial score (nSPS) is 16.6. The van der Waals surface area contributed by atoms with Crippen LogP contribution in [0.3, 0.4) is 0 Å². The first kappa shape index (κ1) is 151. The molecule has 0 aliphatic carbocycles. The van der Waals surface area contributed by atoms with E-state index in [1.807, 2.05) is 78.8 Å². The average molecular weight is 2120 g/mol. The van der Waals surface area contributed by atoms with Crippen molar-refractivity contribution < 1.29 is 89.2 Å². The zero-order valence-electron chi connectivity index (χ0n) is 96.8. The Morgan fingerprint density at radius 2 is 0.797 bits per heavy atom. The maximum Gasteiger partial charge on any atom is 0.355 e. The first-order valence-corrected chi connectivity index (χ1v) is 68.1. The number of halogens is 1. The SMILES string of the molecule is C#C/C(C)=C/[C@H](C)[C@@H]1CC=C(C)C(=O)O1.C#C/C(C)=C/[C@H](C)[C@H](C/C=C(/C)C(=O)OC)O[Si](C)(C)C(C)(C)C.C#C/C(C)=C/[C@H](C)[C@H](CC=O)O[Si](C)(C)C(C)(C)C.C#C/C(C)=C/[C@H](C)[C@H](CCC)O[Si](C)(C)C(C)(C)C.C#C/C(C)=C/[C@H](C)[C@H](CCO)O[Si](C)(C)C(C)(C)C.CCC[C@H](O[Si](C)(C)C(C)(C)C)[C@@H](C)/C=C(\C)C=O.CCO.CCOP(=O)(OCC)C(C)C(=O)OC.CO.Cl.[3H][P+](P)=S. The van der Waals surface area contributed by atoms with Crippen LogP contribution in [-0.2, 0) is 85.7 Å². The van der Waals surface area contributed by atoms with Crippen LogP contribution < -0.4 is 0 Å². The van der Waals surface area contributed by atoms with Gasteiger partial charge >= 0.3 is 26.8 Å². The van der Waals surface area contributed by atoms with Gasteiger partial charge in [-0.1, -0.05) is 250 Å². The van der Waals surface area contributed by atoms with E-state index in [2.05, 4.69) is 291 Å². The van der Waals surface area contributed by atoms with E-state index in [-0.39, 0.29) is 136 Å². The summed E-state index contributed by atoms with van der Waals surface area (Å²) in [6, 6.07) is 0. The predicted molar refractivity (Wildman–Crippen MR) is 615 cm³/mol. The van der Waals surface area contributed by atoms with Gasteiger partial charge in [0, 0.05) is 73.9 Å². The van der Waals surface area contributed by atoms with E-state index < -0.39 is 67.8 Å². The van der Waals surface area contributed by atoms with E-state index in [4.69, 9.17) is 84.3 Å². The van der Waals surface area contributed by atoms with Crippen LogP contribution in [0.2, 0.25) is 90.7 Å². The molecule has 0 saturated heterocycles. The number of aliphatic hydroxyl groups is 3. The van der Waals surface area contributed by atoms with Crippen molar-refractivity contribution in [3.8, 4) is 61.7 Å². The lowest BCUT2D eigenvalue weighted by molar-refractivity contribution is -0.147. The maximum atomic E-state index is 12.0. The number of hydrogen-bond donors (Lipinski definition) is 3. The summed E-state index contributed by atoms with van der Waals surface area (Å²) in [6.07, 6.45) is 52.2. The molecule has 1 aliphatic heterocycles. The monoisotopic (exact) mass is 2120 g/mol. The average Bonchev–Trinajstić information content (AvgIpc) is 0.820. The number of carbonyl (C=O) groups excluding carboxylic acids is 5. The van der Waals surface area contributed by atoms with Gasteiger partial charge in [0.25, 0.3) is 0 Å². The predicted octanol–water partition coefficient (Wildman–Crippen LogP) is 28.8. The molecule has 1 rings (SSSR count). The van der Waals surface area contributed by atoms with Crippen LogP contribution in [0.1, 0.15) is 294 Å². The van der Waals surface area contributed by atoms with Gasteiger partial charge in [-0.25, -0.2) is 9.59 Å². The van der Waals surface area contributed by atoms with Gasteiger partial charge in [-0.2, -0.15) is 0 Å². The van der Waals surface area contributed by atoms with Gasteiger partial charge < -0.3 is 65.5 Å². The lowest BCUT2D eigenvalue weighted by Gasteiger charge is -2.40. The molecule has 1 aliphatic rings. The summed E-state index contributed by atoms with van der Waals surface area (Å²) in [5.41, 5.74) is 5.82. The topological polar surface area (TPSA) is 255 Å². The third-order valence-corrected chi connectivity index (χ3v) is 50.0. The number of aldehydes is 2. The summed E-state index contributed by atoms with van der Waals surface area (Å²) < 4.78 is 75.4. The Morgan fingerprint density at radius 3 is 1.04 bits per heavy atom. The molecule has 0 aromatic carbocycles. The Kier molecular flexibility index (Phi) is 85.5. The molecule has 138 heavy (non-hydrogen) atoms. The highest BCUT2D eigenvalue weighted by Gasteiger charge is 2.45.